The fraction of sp³-hybridized carbons (Fsp3) is 0.320. The standard InChI is InChI=1S/C25H24N2O4/c1-15(24(28)26-17-11-12-17)31-25(29)22-19-8-2-3-10-21(19)27-23-16(6-4-9-20(22)23)14-18-7-5-13-30-18/h2-3,5,7-8,10,13-15,17H,4,6,9,11-12H2,1H3,(H,26,28)/b16-14+/t15-/m1/s1. The molecule has 1 saturated carbocycles. The van der Waals surface area contributed by atoms with E-state index < -0.39 is 12.1 Å². The Labute approximate surface area is 180 Å². The topological polar surface area (TPSA) is 81.4 Å². The number of nitrogens with one attached hydrogen (secondary N) is 1. The number of pyridine rings is 1. The molecular weight excluding hydrogens is 392 g/mol. The smallest absolute Gasteiger partial charge is 0.339 e. The van der Waals surface area contributed by atoms with Crippen LogP contribution in [0.5, 0.6) is 0 Å². The van der Waals surface area contributed by atoms with Crippen LogP contribution in [0.3, 0.4) is 0 Å². The minimum atomic E-state index is -0.850. The first kappa shape index (κ1) is 19.5. The number of fused-ring (bicyclic) bond motifs is 2. The highest BCUT2D eigenvalue weighted by Gasteiger charge is 2.30. The Hall–Kier alpha value is -3.41. The second-order valence-electron chi connectivity index (χ2n) is 8.20. The molecule has 6 heteroatoms. The lowest BCUT2D eigenvalue weighted by molar-refractivity contribution is -0.129. The summed E-state index contributed by atoms with van der Waals surface area (Å²) in [5.74, 6) is 0.0290. The maximum atomic E-state index is 13.3. The molecule has 1 N–H and O–H groups in total. The molecule has 2 heterocycles. The number of para-hydroxylation sites is 1. The van der Waals surface area contributed by atoms with E-state index in [0.29, 0.717) is 5.56 Å². The van der Waals surface area contributed by atoms with Crippen molar-refractivity contribution in [3.8, 4) is 0 Å². The van der Waals surface area contributed by atoms with Gasteiger partial charge in [-0.3, -0.25) is 4.79 Å². The van der Waals surface area contributed by atoms with Crippen LogP contribution in [0, 0.1) is 0 Å². The van der Waals surface area contributed by atoms with Gasteiger partial charge in [-0.1, -0.05) is 18.2 Å². The van der Waals surface area contributed by atoms with Crippen molar-refractivity contribution in [3.63, 3.8) is 0 Å². The molecule has 1 atom stereocenters. The summed E-state index contributed by atoms with van der Waals surface area (Å²) in [6.07, 6.45) is 7.24. The number of carbonyl (C=O) groups is 2. The molecule has 2 aromatic heterocycles. The van der Waals surface area contributed by atoms with Crippen LogP contribution >= 0.6 is 0 Å². The molecule has 6 nitrogen and oxygen atoms in total. The summed E-state index contributed by atoms with van der Waals surface area (Å²) in [6, 6.07) is 11.5. The number of hydrogen-bond donors (Lipinski definition) is 1. The Morgan fingerprint density at radius 3 is 2.81 bits per heavy atom. The number of hydrogen-bond acceptors (Lipinski definition) is 5. The van der Waals surface area contributed by atoms with Gasteiger partial charge in [0, 0.05) is 11.4 Å². The zero-order valence-electron chi connectivity index (χ0n) is 17.4. The van der Waals surface area contributed by atoms with Gasteiger partial charge in [-0.2, -0.15) is 0 Å². The molecule has 1 fully saturated rings. The van der Waals surface area contributed by atoms with Crippen LogP contribution in [0.1, 0.15) is 60.0 Å². The van der Waals surface area contributed by atoms with Gasteiger partial charge >= 0.3 is 5.97 Å². The van der Waals surface area contributed by atoms with E-state index in [-0.39, 0.29) is 11.9 Å². The predicted octanol–water partition coefficient (Wildman–Crippen LogP) is 4.53. The van der Waals surface area contributed by atoms with Crippen molar-refractivity contribution in [3.05, 3.63) is 65.2 Å². The number of amides is 1. The molecule has 0 unspecified atom stereocenters. The Morgan fingerprint density at radius 2 is 2.03 bits per heavy atom. The highest BCUT2D eigenvalue weighted by Crippen LogP contribution is 2.36. The molecule has 0 spiro atoms. The molecule has 2 aliphatic rings. The number of benzene rings is 1. The molecular formula is C25H24N2O4. The molecule has 3 aromatic rings. The van der Waals surface area contributed by atoms with Crippen molar-refractivity contribution < 1.29 is 18.7 Å². The summed E-state index contributed by atoms with van der Waals surface area (Å²) in [4.78, 5) is 30.5. The first-order valence-electron chi connectivity index (χ1n) is 10.8. The van der Waals surface area contributed by atoms with E-state index >= 15 is 0 Å². The van der Waals surface area contributed by atoms with Crippen LogP contribution in [0.2, 0.25) is 0 Å². The van der Waals surface area contributed by atoms with E-state index in [1.165, 1.54) is 0 Å². The molecule has 5 rings (SSSR count). The minimum Gasteiger partial charge on any atom is -0.465 e. The van der Waals surface area contributed by atoms with Crippen LogP contribution in [-0.2, 0) is 16.0 Å². The summed E-state index contributed by atoms with van der Waals surface area (Å²) in [6.45, 7) is 1.62. The number of allylic oxidation sites excluding steroid dienone is 1. The van der Waals surface area contributed by atoms with Gasteiger partial charge in [0.15, 0.2) is 6.10 Å². The van der Waals surface area contributed by atoms with E-state index in [9.17, 15) is 9.59 Å². The Bertz CT molecular complexity index is 1180. The second kappa shape index (κ2) is 8.02. The van der Waals surface area contributed by atoms with Crippen molar-refractivity contribution in [2.75, 3.05) is 0 Å². The van der Waals surface area contributed by atoms with Crippen molar-refractivity contribution >= 4 is 34.4 Å². The number of rotatable bonds is 5. The van der Waals surface area contributed by atoms with Crippen LogP contribution < -0.4 is 5.32 Å². The second-order valence-corrected chi connectivity index (χ2v) is 8.20. The van der Waals surface area contributed by atoms with Crippen LogP contribution in [0.25, 0.3) is 22.6 Å². The molecule has 2 aliphatic carbocycles. The first-order valence-corrected chi connectivity index (χ1v) is 10.8. The van der Waals surface area contributed by atoms with Crippen LogP contribution in [0.4, 0.5) is 0 Å². The molecule has 31 heavy (non-hydrogen) atoms. The monoisotopic (exact) mass is 416 g/mol. The van der Waals surface area contributed by atoms with Crippen LogP contribution in [0.15, 0.2) is 47.1 Å². The molecule has 1 amide bonds. The average Bonchev–Trinajstić information content (AvgIpc) is 3.44. The fourth-order valence-electron chi connectivity index (χ4n) is 4.07. The molecule has 0 bridgehead atoms. The SMILES string of the molecule is C[C@@H](OC(=O)c1c2c(nc3ccccc13)/C(=C/c1ccco1)CCC2)C(=O)NC1CC1. The molecule has 1 aromatic carbocycles. The Kier molecular flexibility index (Phi) is 5.06. The number of nitrogens with zero attached hydrogens (tertiary/aromatic N) is 1. The van der Waals surface area contributed by atoms with Gasteiger partial charge in [-0.05, 0) is 74.4 Å². The summed E-state index contributed by atoms with van der Waals surface area (Å²) in [5.41, 5.74) is 3.97. The van der Waals surface area contributed by atoms with Gasteiger partial charge in [0.2, 0.25) is 0 Å². The maximum Gasteiger partial charge on any atom is 0.339 e. The first-order chi connectivity index (χ1) is 15.1. The quantitative estimate of drug-likeness (QED) is 0.618. The summed E-state index contributed by atoms with van der Waals surface area (Å²) in [7, 11) is 0. The Morgan fingerprint density at radius 1 is 1.19 bits per heavy atom. The number of esters is 1. The van der Waals surface area contributed by atoms with E-state index in [0.717, 1.165) is 65.6 Å². The molecule has 158 valence electrons. The third-order valence-electron chi connectivity index (χ3n) is 5.81. The summed E-state index contributed by atoms with van der Waals surface area (Å²) in [5, 5.41) is 3.64. The van der Waals surface area contributed by atoms with Crippen LogP contribution in [-0.4, -0.2) is 29.0 Å². The molecule has 0 aliphatic heterocycles. The number of aromatic nitrogens is 1. The summed E-state index contributed by atoms with van der Waals surface area (Å²) >= 11 is 0. The van der Waals surface area contributed by atoms with Gasteiger partial charge in [0.05, 0.1) is 23.0 Å². The van der Waals surface area contributed by atoms with E-state index in [1.807, 2.05) is 42.5 Å². The van der Waals surface area contributed by atoms with Crippen molar-refractivity contribution in [1.82, 2.24) is 10.3 Å². The van der Waals surface area contributed by atoms with E-state index in [1.54, 1.807) is 13.2 Å². The van der Waals surface area contributed by atoms with Gasteiger partial charge in [0.25, 0.3) is 5.91 Å². The van der Waals surface area contributed by atoms with Gasteiger partial charge in [-0.25, -0.2) is 9.78 Å². The fourth-order valence-corrected chi connectivity index (χ4v) is 4.07. The highest BCUT2D eigenvalue weighted by atomic mass is 16.5. The third kappa shape index (κ3) is 3.98. The lowest BCUT2D eigenvalue weighted by Crippen LogP contribution is -2.37. The van der Waals surface area contributed by atoms with Gasteiger partial charge < -0.3 is 14.5 Å². The normalized spacial score (nSPS) is 17.9. The van der Waals surface area contributed by atoms with Crippen molar-refractivity contribution in [2.45, 2.75) is 51.2 Å². The maximum absolute atomic E-state index is 13.3. The van der Waals surface area contributed by atoms with Gasteiger partial charge in [-0.15, -0.1) is 0 Å². The average molecular weight is 416 g/mol. The lowest BCUT2D eigenvalue weighted by atomic mass is 9.86. The van der Waals surface area contributed by atoms with E-state index in [4.69, 9.17) is 14.1 Å². The minimum absolute atomic E-state index is 0.220. The molecule has 0 saturated heterocycles. The largest absolute Gasteiger partial charge is 0.465 e. The van der Waals surface area contributed by atoms with Crippen molar-refractivity contribution in [2.24, 2.45) is 0 Å². The Balaban J connectivity index is 1.55. The number of ether oxygens (including phenoxy) is 1. The van der Waals surface area contributed by atoms with E-state index in [2.05, 4.69) is 5.32 Å². The van der Waals surface area contributed by atoms with Crippen molar-refractivity contribution in [1.29, 1.82) is 0 Å². The zero-order valence-corrected chi connectivity index (χ0v) is 17.4. The van der Waals surface area contributed by atoms with Gasteiger partial charge in [0.1, 0.15) is 5.76 Å². The highest BCUT2D eigenvalue weighted by molar-refractivity contribution is 6.07. The predicted molar refractivity (Wildman–Crippen MR) is 117 cm³/mol. The zero-order chi connectivity index (χ0) is 21.4. The molecule has 0 radical (unpaired) electrons. The lowest BCUT2D eigenvalue weighted by Gasteiger charge is -2.23. The number of furan rings is 1. The summed E-state index contributed by atoms with van der Waals surface area (Å²) < 4.78 is 11.1. The number of carbonyl (C=O) groups excluding carboxylic acids is 2. The third-order valence-corrected chi connectivity index (χ3v) is 5.81.